The number of hydrogen-bond acceptors (Lipinski definition) is 5. The van der Waals surface area contributed by atoms with E-state index in [0.29, 0.717) is 5.56 Å². The van der Waals surface area contributed by atoms with E-state index in [9.17, 15) is 24.6 Å². The number of phenols is 1. The number of carbonyl (C=O) groups excluding carboxylic acids is 2. The number of aromatic hydroxyl groups is 1. The third-order valence-electron chi connectivity index (χ3n) is 4.53. The Hall–Kier alpha value is -3.97. The number of anilines is 1. The van der Waals surface area contributed by atoms with Crippen molar-refractivity contribution in [3.8, 4) is 5.75 Å². The van der Waals surface area contributed by atoms with Gasteiger partial charge in [-0.3, -0.25) is 9.59 Å². The van der Waals surface area contributed by atoms with Crippen LogP contribution in [0.5, 0.6) is 5.75 Å². The van der Waals surface area contributed by atoms with Crippen LogP contribution in [0.15, 0.2) is 72.8 Å². The first-order chi connectivity index (χ1) is 14.3. The van der Waals surface area contributed by atoms with Gasteiger partial charge in [0.2, 0.25) is 5.91 Å². The van der Waals surface area contributed by atoms with E-state index in [2.05, 4.69) is 5.32 Å². The summed E-state index contributed by atoms with van der Waals surface area (Å²) in [6.07, 6.45) is 0.245. The highest BCUT2D eigenvalue weighted by atomic mass is 16.4. The van der Waals surface area contributed by atoms with Gasteiger partial charge in [-0.05, 0) is 42.3 Å². The van der Waals surface area contributed by atoms with Crippen molar-refractivity contribution in [2.24, 2.45) is 5.73 Å². The zero-order valence-corrected chi connectivity index (χ0v) is 15.9. The van der Waals surface area contributed by atoms with E-state index in [1.54, 1.807) is 42.5 Å². The molecule has 0 aliphatic carbocycles. The number of ketones is 1. The van der Waals surface area contributed by atoms with Crippen LogP contribution in [-0.2, 0) is 11.2 Å². The fourth-order valence-electron chi connectivity index (χ4n) is 2.96. The predicted octanol–water partition coefficient (Wildman–Crippen LogP) is 2.83. The number of aromatic carboxylic acids is 1. The first-order valence-corrected chi connectivity index (χ1v) is 9.16. The van der Waals surface area contributed by atoms with Crippen LogP contribution in [-0.4, -0.2) is 33.9 Å². The van der Waals surface area contributed by atoms with Gasteiger partial charge in [-0.15, -0.1) is 0 Å². The van der Waals surface area contributed by atoms with Gasteiger partial charge in [0.25, 0.3) is 0 Å². The van der Waals surface area contributed by atoms with E-state index in [4.69, 9.17) is 5.73 Å². The van der Waals surface area contributed by atoms with E-state index in [-0.39, 0.29) is 29.0 Å². The average molecular weight is 404 g/mol. The fraction of sp³-hybridized carbons (Fsp3) is 0.0870. The van der Waals surface area contributed by atoms with Crippen LogP contribution in [0.25, 0.3) is 0 Å². The van der Waals surface area contributed by atoms with Gasteiger partial charge in [0.05, 0.1) is 11.6 Å². The van der Waals surface area contributed by atoms with Gasteiger partial charge in [-0.2, -0.15) is 0 Å². The Morgan fingerprint density at radius 1 is 0.900 bits per heavy atom. The molecular weight excluding hydrogens is 384 g/mol. The summed E-state index contributed by atoms with van der Waals surface area (Å²) in [6.45, 7) is 0. The number of carboxylic acid groups (broad SMARTS) is 1. The molecule has 7 nitrogen and oxygen atoms in total. The van der Waals surface area contributed by atoms with Crippen molar-refractivity contribution in [1.29, 1.82) is 0 Å². The molecule has 0 spiro atoms. The Labute approximate surface area is 172 Å². The third-order valence-corrected chi connectivity index (χ3v) is 4.53. The topological polar surface area (TPSA) is 130 Å². The molecule has 152 valence electrons. The zero-order valence-electron chi connectivity index (χ0n) is 15.9. The predicted molar refractivity (Wildman–Crippen MR) is 112 cm³/mol. The molecule has 30 heavy (non-hydrogen) atoms. The molecule has 3 aromatic carbocycles. The van der Waals surface area contributed by atoms with Crippen molar-refractivity contribution in [3.05, 3.63) is 95.1 Å². The lowest BCUT2D eigenvalue weighted by atomic mass is 9.97. The fourth-order valence-corrected chi connectivity index (χ4v) is 2.96. The lowest BCUT2D eigenvalue weighted by Crippen LogP contribution is -2.37. The van der Waals surface area contributed by atoms with Gasteiger partial charge in [0.15, 0.2) is 5.78 Å². The molecule has 0 bridgehead atoms. The largest absolute Gasteiger partial charge is 0.508 e. The second-order valence-electron chi connectivity index (χ2n) is 6.73. The highest BCUT2D eigenvalue weighted by Gasteiger charge is 2.20. The molecule has 0 aromatic heterocycles. The number of amides is 1. The molecule has 0 heterocycles. The van der Waals surface area contributed by atoms with Crippen LogP contribution in [0, 0.1) is 0 Å². The Balaban J connectivity index is 1.80. The number of hydrogen-bond donors (Lipinski definition) is 4. The molecule has 0 fully saturated rings. The van der Waals surface area contributed by atoms with Crippen LogP contribution in [0.3, 0.4) is 0 Å². The van der Waals surface area contributed by atoms with Crippen LogP contribution in [0.4, 0.5) is 5.69 Å². The number of nitrogens with one attached hydrogen (secondary N) is 1. The number of carbonyl (C=O) groups is 3. The minimum atomic E-state index is -1.24. The monoisotopic (exact) mass is 404 g/mol. The summed E-state index contributed by atoms with van der Waals surface area (Å²) < 4.78 is 0. The molecule has 7 heteroatoms. The van der Waals surface area contributed by atoms with Gasteiger partial charge in [-0.25, -0.2) is 4.79 Å². The summed E-state index contributed by atoms with van der Waals surface area (Å²) in [5.41, 5.74) is 7.16. The van der Waals surface area contributed by atoms with Crippen molar-refractivity contribution >= 4 is 23.3 Å². The molecule has 0 radical (unpaired) electrons. The molecule has 3 aromatic rings. The summed E-state index contributed by atoms with van der Waals surface area (Å²) in [4.78, 5) is 36.8. The standard InChI is InChI=1S/C23H20N2O5/c24-20(12-14-6-9-17(26)10-7-14)22(28)25-16-8-11-18(23(29)30)19(13-16)21(27)15-4-2-1-3-5-15/h1-11,13,20,26H,12,24H2,(H,25,28)(H,29,30)/t20-/m0/s1. The first-order valence-electron chi connectivity index (χ1n) is 9.16. The molecule has 5 N–H and O–H groups in total. The van der Waals surface area contributed by atoms with Crippen molar-refractivity contribution < 1.29 is 24.6 Å². The summed E-state index contributed by atoms with van der Waals surface area (Å²) in [7, 11) is 0. The summed E-state index contributed by atoms with van der Waals surface area (Å²) in [5.74, 6) is -2.07. The second kappa shape index (κ2) is 9.02. The van der Waals surface area contributed by atoms with Gasteiger partial charge in [-0.1, -0.05) is 42.5 Å². The Kier molecular flexibility index (Phi) is 6.24. The average Bonchev–Trinajstić information content (AvgIpc) is 2.75. The van der Waals surface area contributed by atoms with E-state index in [1.165, 1.54) is 30.3 Å². The van der Waals surface area contributed by atoms with Crippen LogP contribution < -0.4 is 11.1 Å². The number of benzene rings is 3. The minimum absolute atomic E-state index is 0.0291. The third kappa shape index (κ3) is 4.89. The molecule has 0 saturated heterocycles. The van der Waals surface area contributed by atoms with E-state index in [0.717, 1.165) is 5.56 Å². The minimum Gasteiger partial charge on any atom is -0.508 e. The van der Waals surface area contributed by atoms with E-state index in [1.807, 2.05) is 0 Å². The van der Waals surface area contributed by atoms with Crippen LogP contribution in [0.1, 0.15) is 31.8 Å². The maximum atomic E-state index is 12.8. The van der Waals surface area contributed by atoms with Gasteiger partial charge in [0, 0.05) is 16.8 Å². The van der Waals surface area contributed by atoms with Gasteiger partial charge >= 0.3 is 5.97 Å². The van der Waals surface area contributed by atoms with Gasteiger partial charge < -0.3 is 21.3 Å². The van der Waals surface area contributed by atoms with Crippen molar-refractivity contribution in [1.82, 2.24) is 0 Å². The highest BCUT2D eigenvalue weighted by Crippen LogP contribution is 2.20. The van der Waals surface area contributed by atoms with Crippen LogP contribution >= 0.6 is 0 Å². The second-order valence-corrected chi connectivity index (χ2v) is 6.73. The van der Waals surface area contributed by atoms with Gasteiger partial charge in [0.1, 0.15) is 5.75 Å². The molecule has 3 rings (SSSR count). The number of carboxylic acids is 1. The van der Waals surface area contributed by atoms with Crippen LogP contribution in [0.2, 0.25) is 0 Å². The van der Waals surface area contributed by atoms with E-state index >= 15 is 0 Å². The zero-order chi connectivity index (χ0) is 21.7. The maximum absolute atomic E-state index is 12.8. The Bertz CT molecular complexity index is 1080. The normalized spacial score (nSPS) is 11.5. The highest BCUT2D eigenvalue weighted by molar-refractivity contribution is 6.15. The Morgan fingerprint density at radius 2 is 1.57 bits per heavy atom. The molecule has 1 atom stereocenters. The smallest absolute Gasteiger partial charge is 0.336 e. The first kappa shape index (κ1) is 20.8. The van der Waals surface area contributed by atoms with E-state index < -0.39 is 23.7 Å². The number of nitrogens with two attached hydrogens (primary N) is 1. The molecule has 0 unspecified atom stereocenters. The molecule has 1 amide bonds. The molecule has 0 saturated carbocycles. The number of phenolic OH excluding ortho intramolecular Hbond substituents is 1. The summed E-state index contributed by atoms with van der Waals surface area (Å²) in [6, 6.07) is 17.8. The number of rotatable bonds is 7. The van der Waals surface area contributed by atoms with Crippen molar-refractivity contribution in [2.45, 2.75) is 12.5 Å². The van der Waals surface area contributed by atoms with Crippen molar-refractivity contribution in [2.75, 3.05) is 5.32 Å². The molecular formula is C23H20N2O5. The van der Waals surface area contributed by atoms with Crippen molar-refractivity contribution in [3.63, 3.8) is 0 Å². The Morgan fingerprint density at radius 3 is 2.20 bits per heavy atom. The summed E-state index contributed by atoms with van der Waals surface area (Å²) >= 11 is 0. The summed E-state index contributed by atoms with van der Waals surface area (Å²) in [5, 5.41) is 21.4. The lowest BCUT2D eigenvalue weighted by Gasteiger charge is -2.14. The quantitative estimate of drug-likeness (QED) is 0.448. The maximum Gasteiger partial charge on any atom is 0.336 e. The SMILES string of the molecule is N[C@@H](Cc1ccc(O)cc1)C(=O)Nc1ccc(C(=O)O)c(C(=O)c2ccccc2)c1. The molecule has 0 aliphatic heterocycles. The lowest BCUT2D eigenvalue weighted by molar-refractivity contribution is -0.117. The molecule has 0 aliphatic rings.